The Hall–Kier alpha value is -0.0800. The fourth-order valence-electron chi connectivity index (χ4n) is 2.97. The summed E-state index contributed by atoms with van der Waals surface area (Å²) < 4.78 is 0. The van der Waals surface area contributed by atoms with Gasteiger partial charge in [0.15, 0.2) is 0 Å². The van der Waals surface area contributed by atoms with Gasteiger partial charge in [0.2, 0.25) is 0 Å². The van der Waals surface area contributed by atoms with Gasteiger partial charge < -0.3 is 5.32 Å². The maximum Gasteiger partial charge on any atom is 0.0278 e. The predicted molar refractivity (Wildman–Crippen MR) is 85.7 cm³/mol. The summed E-state index contributed by atoms with van der Waals surface area (Å²) in [6.45, 7) is 15.4. The molecule has 1 unspecified atom stereocenters. The first kappa shape index (κ1) is 17.0. The van der Waals surface area contributed by atoms with E-state index in [1.165, 1.54) is 51.6 Å². The molecule has 0 spiro atoms. The number of nitrogens with zero attached hydrogens (tertiary/aromatic N) is 1. The van der Waals surface area contributed by atoms with Gasteiger partial charge in [0.05, 0.1) is 0 Å². The molecule has 1 rings (SSSR count). The van der Waals surface area contributed by atoms with E-state index in [1.807, 2.05) is 0 Å². The van der Waals surface area contributed by atoms with E-state index in [9.17, 15) is 0 Å². The van der Waals surface area contributed by atoms with Crippen molar-refractivity contribution in [2.24, 2.45) is 5.92 Å². The van der Waals surface area contributed by atoms with Crippen LogP contribution in [0.1, 0.15) is 73.1 Å². The summed E-state index contributed by atoms with van der Waals surface area (Å²) >= 11 is 0. The van der Waals surface area contributed by atoms with Crippen LogP contribution in [0.5, 0.6) is 0 Å². The van der Waals surface area contributed by atoms with Gasteiger partial charge in [-0.25, -0.2) is 0 Å². The van der Waals surface area contributed by atoms with E-state index in [-0.39, 0.29) is 0 Å². The molecule has 0 aliphatic carbocycles. The summed E-state index contributed by atoms with van der Waals surface area (Å²) in [6, 6.07) is 0.674. The molecule has 1 aliphatic heterocycles. The van der Waals surface area contributed by atoms with Crippen molar-refractivity contribution >= 4 is 0 Å². The van der Waals surface area contributed by atoms with Gasteiger partial charge in [0.1, 0.15) is 0 Å². The maximum atomic E-state index is 3.72. The van der Waals surface area contributed by atoms with Crippen LogP contribution in [-0.4, -0.2) is 36.1 Å². The van der Waals surface area contributed by atoms with Crippen molar-refractivity contribution in [1.29, 1.82) is 0 Å². The average Bonchev–Trinajstić information content (AvgIpc) is 2.34. The average molecular weight is 268 g/mol. The van der Waals surface area contributed by atoms with E-state index < -0.39 is 0 Å². The summed E-state index contributed by atoms with van der Waals surface area (Å²) in [5, 5.41) is 3.72. The van der Waals surface area contributed by atoms with Crippen molar-refractivity contribution in [3.05, 3.63) is 0 Å². The van der Waals surface area contributed by atoms with Crippen LogP contribution in [0, 0.1) is 5.92 Å². The number of hydrogen-bond donors (Lipinski definition) is 1. The summed E-state index contributed by atoms with van der Waals surface area (Å²) in [4.78, 5) is 2.72. The number of rotatable bonds is 8. The van der Waals surface area contributed by atoms with Crippen molar-refractivity contribution in [2.45, 2.75) is 84.7 Å². The lowest BCUT2D eigenvalue weighted by Crippen LogP contribution is -2.63. The Bertz CT molecular complexity index is 235. The quantitative estimate of drug-likeness (QED) is 0.668. The number of nitrogens with one attached hydrogen (secondary N) is 1. The Labute approximate surface area is 121 Å². The van der Waals surface area contributed by atoms with Gasteiger partial charge in [-0.15, -0.1) is 0 Å². The Balaban J connectivity index is 2.28. The van der Waals surface area contributed by atoms with Gasteiger partial charge in [0, 0.05) is 24.7 Å². The standard InChI is InChI=1S/C17H36N2/c1-6-7-8-9-10-11-12-19-13-16(15(2)3)18-14-17(19,4)5/h15-16,18H,6-14H2,1-5H3. The minimum Gasteiger partial charge on any atom is -0.311 e. The Morgan fingerprint density at radius 3 is 2.37 bits per heavy atom. The van der Waals surface area contributed by atoms with Gasteiger partial charge in [0.25, 0.3) is 0 Å². The van der Waals surface area contributed by atoms with Gasteiger partial charge in [-0.2, -0.15) is 0 Å². The molecule has 19 heavy (non-hydrogen) atoms. The normalized spacial score (nSPS) is 24.0. The number of hydrogen-bond acceptors (Lipinski definition) is 2. The molecule has 114 valence electrons. The molecule has 1 atom stereocenters. The molecule has 0 aromatic carbocycles. The first-order chi connectivity index (χ1) is 8.97. The van der Waals surface area contributed by atoms with Crippen LogP contribution in [0.15, 0.2) is 0 Å². The SMILES string of the molecule is CCCCCCCCN1CC(C(C)C)NCC1(C)C. The highest BCUT2D eigenvalue weighted by molar-refractivity contribution is 4.93. The summed E-state index contributed by atoms with van der Waals surface area (Å²) in [6.07, 6.45) is 8.39. The van der Waals surface area contributed by atoms with Crippen LogP contribution in [0.3, 0.4) is 0 Å². The first-order valence-corrected chi connectivity index (χ1v) is 8.46. The smallest absolute Gasteiger partial charge is 0.0278 e. The van der Waals surface area contributed by atoms with Gasteiger partial charge in [-0.1, -0.05) is 52.9 Å². The van der Waals surface area contributed by atoms with E-state index in [0.717, 1.165) is 12.5 Å². The van der Waals surface area contributed by atoms with E-state index in [0.29, 0.717) is 11.6 Å². The molecule has 0 aromatic heterocycles. The molecule has 1 heterocycles. The largest absolute Gasteiger partial charge is 0.311 e. The van der Waals surface area contributed by atoms with Crippen LogP contribution in [-0.2, 0) is 0 Å². The fourth-order valence-corrected chi connectivity index (χ4v) is 2.97. The third-order valence-corrected chi connectivity index (χ3v) is 4.66. The summed E-state index contributed by atoms with van der Waals surface area (Å²) in [5.74, 6) is 0.739. The molecule has 2 heteroatoms. The monoisotopic (exact) mass is 268 g/mol. The van der Waals surface area contributed by atoms with E-state index in [2.05, 4.69) is 44.8 Å². The fraction of sp³-hybridized carbons (Fsp3) is 1.00. The highest BCUT2D eigenvalue weighted by Crippen LogP contribution is 2.22. The van der Waals surface area contributed by atoms with Crippen molar-refractivity contribution in [2.75, 3.05) is 19.6 Å². The topological polar surface area (TPSA) is 15.3 Å². The van der Waals surface area contributed by atoms with Crippen molar-refractivity contribution in [3.63, 3.8) is 0 Å². The van der Waals surface area contributed by atoms with Crippen LogP contribution >= 0.6 is 0 Å². The van der Waals surface area contributed by atoms with Crippen molar-refractivity contribution in [3.8, 4) is 0 Å². The zero-order valence-corrected chi connectivity index (χ0v) is 14.0. The lowest BCUT2D eigenvalue weighted by molar-refractivity contribution is 0.0530. The summed E-state index contributed by atoms with van der Waals surface area (Å²) in [7, 11) is 0. The van der Waals surface area contributed by atoms with E-state index in [4.69, 9.17) is 0 Å². The second-order valence-corrected chi connectivity index (χ2v) is 7.26. The predicted octanol–water partition coefficient (Wildman–Crippen LogP) is 4.06. The van der Waals surface area contributed by atoms with Crippen molar-refractivity contribution in [1.82, 2.24) is 10.2 Å². The Morgan fingerprint density at radius 2 is 1.74 bits per heavy atom. The highest BCUT2D eigenvalue weighted by Gasteiger charge is 2.34. The minimum absolute atomic E-state index is 0.328. The maximum absolute atomic E-state index is 3.72. The molecule has 0 amide bonds. The lowest BCUT2D eigenvalue weighted by Gasteiger charge is -2.47. The number of unbranched alkanes of at least 4 members (excludes halogenated alkanes) is 5. The molecule has 2 nitrogen and oxygen atoms in total. The minimum atomic E-state index is 0.328. The molecular weight excluding hydrogens is 232 g/mol. The highest BCUT2D eigenvalue weighted by atomic mass is 15.3. The third kappa shape index (κ3) is 5.83. The second-order valence-electron chi connectivity index (χ2n) is 7.26. The van der Waals surface area contributed by atoms with Crippen LogP contribution in [0.4, 0.5) is 0 Å². The van der Waals surface area contributed by atoms with Crippen LogP contribution < -0.4 is 5.32 Å². The van der Waals surface area contributed by atoms with E-state index >= 15 is 0 Å². The molecule has 0 saturated carbocycles. The zero-order valence-electron chi connectivity index (χ0n) is 14.0. The summed E-state index contributed by atoms with van der Waals surface area (Å²) in [5.41, 5.74) is 0.328. The second kappa shape index (κ2) is 8.26. The van der Waals surface area contributed by atoms with Gasteiger partial charge in [-0.05, 0) is 32.7 Å². The molecule has 1 aliphatic rings. The molecule has 1 N–H and O–H groups in total. The Morgan fingerprint density at radius 1 is 1.11 bits per heavy atom. The Kier molecular flexibility index (Phi) is 7.38. The molecule has 0 aromatic rings. The number of piperazine rings is 1. The molecular formula is C17H36N2. The molecule has 1 saturated heterocycles. The third-order valence-electron chi connectivity index (χ3n) is 4.66. The van der Waals surface area contributed by atoms with Gasteiger partial charge in [-0.3, -0.25) is 4.90 Å². The molecule has 0 bridgehead atoms. The van der Waals surface area contributed by atoms with Gasteiger partial charge >= 0.3 is 0 Å². The lowest BCUT2D eigenvalue weighted by atomic mass is 9.92. The van der Waals surface area contributed by atoms with Crippen LogP contribution in [0.2, 0.25) is 0 Å². The zero-order chi connectivity index (χ0) is 14.3. The molecule has 1 fully saturated rings. The molecule has 0 radical (unpaired) electrons. The van der Waals surface area contributed by atoms with E-state index in [1.54, 1.807) is 0 Å². The van der Waals surface area contributed by atoms with Crippen LogP contribution in [0.25, 0.3) is 0 Å². The first-order valence-electron chi connectivity index (χ1n) is 8.46. The van der Waals surface area contributed by atoms with Crippen molar-refractivity contribution < 1.29 is 0 Å².